The summed E-state index contributed by atoms with van der Waals surface area (Å²) in [5.41, 5.74) is 2.65. The number of nitrogens with one attached hydrogen (secondary N) is 2. The van der Waals surface area contributed by atoms with Gasteiger partial charge < -0.3 is 10.6 Å². The lowest BCUT2D eigenvalue weighted by atomic mass is 10.1. The minimum absolute atomic E-state index is 0.0380. The monoisotopic (exact) mass is 360 g/mol. The fourth-order valence-corrected chi connectivity index (χ4v) is 2.20. The van der Waals surface area contributed by atoms with Crippen LogP contribution in [0.15, 0.2) is 53.0 Å². The van der Waals surface area contributed by atoms with Crippen LogP contribution in [0.3, 0.4) is 0 Å². The maximum Gasteiger partial charge on any atom is 0.243 e. The van der Waals surface area contributed by atoms with Crippen LogP contribution < -0.4 is 10.6 Å². The zero-order chi connectivity index (χ0) is 15.9. The third-order valence-corrected chi connectivity index (χ3v) is 3.67. The second-order valence-electron chi connectivity index (χ2n) is 4.94. The van der Waals surface area contributed by atoms with Gasteiger partial charge in [-0.2, -0.15) is 0 Å². The molecule has 0 spiro atoms. The minimum atomic E-state index is -0.238. The van der Waals surface area contributed by atoms with Gasteiger partial charge in [-0.15, -0.1) is 0 Å². The summed E-state index contributed by atoms with van der Waals surface area (Å²) in [5, 5.41) is 5.40. The standard InChI is InChI=1S/C17H17BrN2O2/c1-12-4-2-3-5-15(12)20-17(22)11-19-16(21)10-13-6-8-14(18)9-7-13/h2-9H,10-11H2,1H3,(H,19,21)(H,20,22). The molecule has 2 rings (SSSR count). The van der Waals surface area contributed by atoms with Gasteiger partial charge in [0.2, 0.25) is 11.8 Å². The Labute approximate surface area is 138 Å². The molecule has 0 saturated carbocycles. The Bertz CT molecular complexity index is 669. The molecule has 2 N–H and O–H groups in total. The Balaban J connectivity index is 1.79. The number of carbonyl (C=O) groups excluding carboxylic acids is 2. The third-order valence-electron chi connectivity index (χ3n) is 3.14. The van der Waals surface area contributed by atoms with E-state index in [9.17, 15) is 9.59 Å². The molecule has 22 heavy (non-hydrogen) atoms. The van der Waals surface area contributed by atoms with Crippen LogP contribution in [-0.2, 0) is 16.0 Å². The summed E-state index contributed by atoms with van der Waals surface area (Å²) < 4.78 is 0.967. The number of amides is 2. The number of anilines is 1. The highest BCUT2D eigenvalue weighted by Gasteiger charge is 2.07. The summed E-state index contributed by atoms with van der Waals surface area (Å²) in [5.74, 6) is -0.416. The Morgan fingerprint density at radius 1 is 1.00 bits per heavy atom. The van der Waals surface area contributed by atoms with Crippen molar-refractivity contribution in [3.63, 3.8) is 0 Å². The number of para-hydroxylation sites is 1. The van der Waals surface area contributed by atoms with Crippen molar-refractivity contribution in [1.82, 2.24) is 5.32 Å². The van der Waals surface area contributed by atoms with Gasteiger partial charge in [0.1, 0.15) is 0 Å². The van der Waals surface area contributed by atoms with Crippen LogP contribution in [0.25, 0.3) is 0 Å². The summed E-state index contributed by atoms with van der Waals surface area (Å²) in [4.78, 5) is 23.7. The normalized spacial score (nSPS) is 10.1. The molecule has 5 heteroatoms. The highest BCUT2D eigenvalue weighted by Crippen LogP contribution is 2.13. The summed E-state index contributed by atoms with van der Waals surface area (Å²) in [6.45, 7) is 1.88. The summed E-state index contributed by atoms with van der Waals surface area (Å²) in [6.07, 6.45) is 0.255. The molecule has 0 aliphatic carbocycles. The SMILES string of the molecule is Cc1ccccc1NC(=O)CNC(=O)Cc1ccc(Br)cc1. The van der Waals surface area contributed by atoms with E-state index in [4.69, 9.17) is 0 Å². The van der Waals surface area contributed by atoms with Crippen molar-refractivity contribution in [2.45, 2.75) is 13.3 Å². The van der Waals surface area contributed by atoms with Crippen LogP contribution in [0.4, 0.5) is 5.69 Å². The van der Waals surface area contributed by atoms with Crippen molar-refractivity contribution in [2.24, 2.45) is 0 Å². The molecule has 0 unspecified atom stereocenters. The molecule has 4 nitrogen and oxygen atoms in total. The average molecular weight is 361 g/mol. The van der Waals surface area contributed by atoms with Gasteiger partial charge in [0.05, 0.1) is 13.0 Å². The third kappa shape index (κ3) is 5.00. The first kappa shape index (κ1) is 16.2. The zero-order valence-electron chi connectivity index (χ0n) is 12.2. The van der Waals surface area contributed by atoms with Gasteiger partial charge in [0, 0.05) is 10.2 Å². The molecule has 0 bridgehead atoms. The van der Waals surface area contributed by atoms with Crippen molar-refractivity contribution in [2.75, 3.05) is 11.9 Å². The quantitative estimate of drug-likeness (QED) is 0.860. The summed E-state index contributed by atoms with van der Waals surface area (Å²) >= 11 is 3.35. The molecule has 0 aromatic heterocycles. The fourth-order valence-electron chi connectivity index (χ4n) is 1.94. The first-order valence-corrected chi connectivity index (χ1v) is 7.70. The smallest absolute Gasteiger partial charge is 0.243 e. The number of benzene rings is 2. The molecule has 0 aliphatic heterocycles. The molecule has 0 saturated heterocycles. The number of halogens is 1. The summed E-state index contributed by atoms with van der Waals surface area (Å²) in [6, 6.07) is 15.0. The molecule has 0 heterocycles. The van der Waals surface area contributed by atoms with Crippen LogP contribution >= 0.6 is 15.9 Å². The topological polar surface area (TPSA) is 58.2 Å². The van der Waals surface area contributed by atoms with Gasteiger partial charge in [-0.05, 0) is 36.2 Å². The number of rotatable bonds is 5. The van der Waals surface area contributed by atoms with E-state index in [2.05, 4.69) is 26.6 Å². The van der Waals surface area contributed by atoms with Crippen LogP contribution in [-0.4, -0.2) is 18.4 Å². The Kier molecular flexibility index (Phi) is 5.72. The van der Waals surface area contributed by atoms with E-state index < -0.39 is 0 Å². The van der Waals surface area contributed by atoms with E-state index >= 15 is 0 Å². The van der Waals surface area contributed by atoms with Crippen molar-refractivity contribution in [1.29, 1.82) is 0 Å². The molecule has 0 atom stereocenters. The molecular formula is C17H17BrN2O2. The fraction of sp³-hybridized carbons (Fsp3) is 0.176. The molecule has 2 aromatic carbocycles. The Morgan fingerprint density at radius 2 is 1.68 bits per heavy atom. The molecule has 114 valence electrons. The lowest BCUT2D eigenvalue weighted by Crippen LogP contribution is -2.33. The van der Waals surface area contributed by atoms with E-state index in [1.54, 1.807) is 0 Å². The second-order valence-corrected chi connectivity index (χ2v) is 5.86. The van der Waals surface area contributed by atoms with Crippen molar-refractivity contribution in [3.05, 3.63) is 64.1 Å². The average Bonchev–Trinajstić information content (AvgIpc) is 2.50. The van der Waals surface area contributed by atoms with Gasteiger partial charge in [0.15, 0.2) is 0 Å². The van der Waals surface area contributed by atoms with E-state index in [1.807, 2.05) is 55.5 Å². The Morgan fingerprint density at radius 3 is 2.36 bits per heavy atom. The van der Waals surface area contributed by atoms with E-state index in [0.717, 1.165) is 21.3 Å². The molecule has 0 radical (unpaired) electrons. The van der Waals surface area contributed by atoms with Gasteiger partial charge in [-0.3, -0.25) is 9.59 Å². The number of hydrogen-bond donors (Lipinski definition) is 2. The molecular weight excluding hydrogens is 344 g/mol. The number of aryl methyl sites for hydroxylation is 1. The minimum Gasteiger partial charge on any atom is -0.347 e. The van der Waals surface area contributed by atoms with Crippen LogP contribution in [0.5, 0.6) is 0 Å². The molecule has 2 aromatic rings. The number of hydrogen-bond acceptors (Lipinski definition) is 2. The maximum atomic E-state index is 11.8. The molecule has 0 aliphatic rings. The predicted molar refractivity (Wildman–Crippen MR) is 90.7 cm³/mol. The highest BCUT2D eigenvalue weighted by molar-refractivity contribution is 9.10. The van der Waals surface area contributed by atoms with Crippen LogP contribution in [0.2, 0.25) is 0 Å². The molecule has 0 fully saturated rings. The van der Waals surface area contributed by atoms with Crippen molar-refractivity contribution in [3.8, 4) is 0 Å². The lowest BCUT2D eigenvalue weighted by Gasteiger charge is -2.09. The second kappa shape index (κ2) is 7.75. The van der Waals surface area contributed by atoms with Crippen molar-refractivity contribution < 1.29 is 9.59 Å². The Hall–Kier alpha value is -2.14. The zero-order valence-corrected chi connectivity index (χ0v) is 13.8. The molecule has 2 amide bonds. The first-order valence-electron chi connectivity index (χ1n) is 6.91. The largest absolute Gasteiger partial charge is 0.347 e. The highest BCUT2D eigenvalue weighted by atomic mass is 79.9. The van der Waals surface area contributed by atoms with E-state index in [1.165, 1.54) is 0 Å². The first-order chi connectivity index (χ1) is 10.5. The van der Waals surface area contributed by atoms with E-state index in [0.29, 0.717) is 0 Å². The van der Waals surface area contributed by atoms with Gasteiger partial charge >= 0.3 is 0 Å². The van der Waals surface area contributed by atoms with Crippen LogP contribution in [0.1, 0.15) is 11.1 Å². The number of carbonyl (C=O) groups is 2. The van der Waals surface area contributed by atoms with Crippen molar-refractivity contribution >= 4 is 33.4 Å². The van der Waals surface area contributed by atoms with Gasteiger partial charge in [-0.25, -0.2) is 0 Å². The van der Waals surface area contributed by atoms with Gasteiger partial charge in [0.25, 0.3) is 0 Å². The van der Waals surface area contributed by atoms with Gasteiger partial charge in [-0.1, -0.05) is 46.3 Å². The predicted octanol–water partition coefficient (Wildman–Crippen LogP) is 3.05. The lowest BCUT2D eigenvalue weighted by molar-refractivity contribution is -0.123. The maximum absolute atomic E-state index is 11.8. The van der Waals surface area contributed by atoms with E-state index in [-0.39, 0.29) is 24.8 Å². The van der Waals surface area contributed by atoms with Crippen LogP contribution in [0, 0.1) is 6.92 Å². The summed E-state index contributed by atoms with van der Waals surface area (Å²) in [7, 11) is 0.